The number of nitrogens with zero attached hydrogens (tertiary/aromatic N) is 1. The number of benzene rings is 1. The van der Waals surface area contributed by atoms with Gasteiger partial charge in [0.05, 0.1) is 11.6 Å². The van der Waals surface area contributed by atoms with Crippen molar-refractivity contribution < 1.29 is 4.74 Å². The summed E-state index contributed by atoms with van der Waals surface area (Å²) in [5.74, 6) is 0.882. The first-order chi connectivity index (χ1) is 10.1. The van der Waals surface area contributed by atoms with Crippen LogP contribution in [-0.2, 0) is 0 Å². The largest absolute Gasteiger partial charge is 0.496 e. The minimum atomic E-state index is 0.340. The maximum Gasteiger partial charge on any atom is 0.133 e. The Morgan fingerprint density at radius 1 is 1.24 bits per heavy atom. The highest BCUT2D eigenvalue weighted by Crippen LogP contribution is 2.28. The van der Waals surface area contributed by atoms with Gasteiger partial charge in [-0.2, -0.15) is 0 Å². The van der Waals surface area contributed by atoms with Crippen LogP contribution in [0.5, 0.6) is 5.75 Å². The van der Waals surface area contributed by atoms with Gasteiger partial charge in [-0.25, -0.2) is 0 Å². The van der Waals surface area contributed by atoms with Crippen molar-refractivity contribution in [3.8, 4) is 5.75 Å². The van der Waals surface area contributed by atoms with Crippen LogP contribution in [0.2, 0.25) is 0 Å². The standard InChI is InChI=1S/C17H27BrN2O/c1-13(12-20-9-5-4-6-10-20)19-14(2)15-7-8-17(21-3)16(18)11-15/h7-8,11,13-14,19H,4-6,9-10,12H2,1-3H3. The minimum Gasteiger partial charge on any atom is -0.496 e. The summed E-state index contributed by atoms with van der Waals surface area (Å²) >= 11 is 3.56. The molecule has 1 fully saturated rings. The number of halogens is 1. The number of ether oxygens (including phenoxy) is 1. The number of rotatable bonds is 6. The third kappa shape index (κ3) is 4.97. The van der Waals surface area contributed by atoms with Crippen molar-refractivity contribution in [2.24, 2.45) is 0 Å². The molecule has 1 aliphatic heterocycles. The Morgan fingerprint density at radius 2 is 1.95 bits per heavy atom. The van der Waals surface area contributed by atoms with Crippen LogP contribution >= 0.6 is 15.9 Å². The molecule has 1 aliphatic rings. The van der Waals surface area contributed by atoms with E-state index in [0.29, 0.717) is 12.1 Å². The number of hydrogen-bond acceptors (Lipinski definition) is 3. The van der Waals surface area contributed by atoms with Gasteiger partial charge in [0.15, 0.2) is 0 Å². The van der Waals surface area contributed by atoms with Crippen molar-refractivity contribution in [2.45, 2.75) is 45.2 Å². The lowest BCUT2D eigenvalue weighted by Gasteiger charge is -2.30. The number of methoxy groups -OCH3 is 1. The summed E-state index contributed by atoms with van der Waals surface area (Å²) in [6.45, 7) is 8.16. The predicted octanol–water partition coefficient (Wildman–Crippen LogP) is 3.98. The van der Waals surface area contributed by atoms with E-state index in [0.717, 1.165) is 16.8 Å². The molecule has 1 aromatic carbocycles. The SMILES string of the molecule is COc1ccc(C(C)NC(C)CN2CCCCC2)cc1Br. The summed E-state index contributed by atoms with van der Waals surface area (Å²) in [5.41, 5.74) is 1.29. The van der Waals surface area contributed by atoms with Crippen molar-refractivity contribution in [3.63, 3.8) is 0 Å². The lowest BCUT2D eigenvalue weighted by Crippen LogP contribution is -2.42. The molecular weight excluding hydrogens is 328 g/mol. The van der Waals surface area contributed by atoms with E-state index in [1.807, 2.05) is 6.07 Å². The lowest BCUT2D eigenvalue weighted by molar-refractivity contribution is 0.205. The van der Waals surface area contributed by atoms with Gasteiger partial charge in [-0.1, -0.05) is 12.5 Å². The van der Waals surface area contributed by atoms with Crippen molar-refractivity contribution in [1.82, 2.24) is 10.2 Å². The van der Waals surface area contributed by atoms with Crippen LogP contribution in [0.4, 0.5) is 0 Å². The first-order valence-electron chi connectivity index (χ1n) is 7.92. The summed E-state index contributed by atoms with van der Waals surface area (Å²) in [6.07, 6.45) is 4.11. The van der Waals surface area contributed by atoms with Gasteiger partial charge in [0.1, 0.15) is 5.75 Å². The Hall–Kier alpha value is -0.580. The zero-order chi connectivity index (χ0) is 15.2. The van der Waals surface area contributed by atoms with Crippen molar-refractivity contribution in [2.75, 3.05) is 26.7 Å². The van der Waals surface area contributed by atoms with Crippen LogP contribution in [0.3, 0.4) is 0 Å². The van der Waals surface area contributed by atoms with E-state index in [-0.39, 0.29) is 0 Å². The topological polar surface area (TPSA) is 24.5 Å². The molecular formula is C17H27BrN2O. The molecule has 0 radical (unpaired) electrons. The quantitative estimate of drug-likeness (QED) is 0.835. The third-order valence-electron chi connectivity index (χ3n) is 4.19. The van der Waals surface area contributed by atoms with Crippen LogP contribution in [0, 0.1) is 0 Å². The van der Waals surface area contributed by atoms with E-state index in [9.17, 15) is 0 Å². The van der Waals surface area contributed by atoms with Gasteiger partial charge in [-0.05, 0) is 73.4 Å². The summed E-state index contributed by atoms with van der Waals surface area (Å²) in [6, 6.07) is 7.14. The van der Waals surface area contributed by atoms with Crippen LogP contribution < -0.4 is 10.1 Å². The van der Waals surface area contributed by atoms with Crippen molar-refractivity contribution in [1.29, 1.82) is 0 Å². The Kier molecular flexibility index (Phi) is 6.52. The highest BCUT2D eigenvalue weighted by molar-refractivity contribution is 9.10. The van der Waals surface area contributed by atoms with Gasteiger partial charge in [0.2, 0.25) is 0 Å². The molecule has 118 valence electrons. The maximum atomic E-state index is 5.29. The Balaban J connectivity index is 1.87. The molecule has 1 N–H and O–H groups in total. The Labute approximate surface area is 137 Å². The van der Waals surface area contributed by atoms with Gasteiger partial charge in [-0.3, -0.25) is 0 Å². The van der Waals surface area contributed by atoms with Gasteiger partial charge >= 0.3 is 0 Å². The Morgan fingerprint density at radius 3 is 2.57 bits per heavy atom. The molecule has 0 bridgehead atoms. The number of piperidine rings is 1. The van der Waals surface area contributed by atoms with E-state index < -0.39 is 0 Å². The Bertz CT molecular complexity index is 446. The number of nitrogens with one attached hydrogen (secondary N) is 1. The van der Waals surface area contributed by atoms with E-state index >= 15 is 0 Å². The summed E-state index contributed by atoms with van der Waals surface area (Å²) in [4.78, 5) is 2.58. The zero-order valence-electron chi connectivity index (χ0n) is 13.4. The summed E-state index contributed by atoms with van der Waals surface area (Å²) in [7, 11) is 1.70. The van der Waals surface area contributed by atoms with Crippen LogP contribution in [0.25, 0.3) is 0 Å². The highest BCUT2D eigenvalue weighted by atomic mass is 79.9. The van der Waals surface area contributed by atoms with E-state index in [2.05, 4.69) is 52.1 Å². The van der Waals surface area contributed by atoms with Crippen molar-refractivity contribution in [3.05, 3.63) is 28.2 Å². The molecule has 2 unspecified atom stereocenters. The summed E-state index contributed by atoms with van der Waals surface area (Å²) < 4.78 is 6.30. The average molecular weight is 355 g/mol. The zero-order valence-corrected chi connectivity index (χ0v) is 14.9. The van der Waals surface area contributed by atoms with Crippen LogP contribution in [-0.4, -0.2) is 37.7 Å². The number of hydrogen-bond donors (Lipinski definition) is 1. The fourth-order valence-electron chi connectivity index (χ4n) is 3.06. The van der Waals surface area contributed by atoms with E-state index in [1.165, 1.54) is 37.9 Å². The fraction of sp³-hybridized carbons (Fsp3) is 0.647. The first kappa shape index (κ1) is 16.8. The van der Waals surface area contributed by atoms with Gasteiger partial charge in [-0.15, -0.1) is 0 Å². The highest BCUT2D eigenvalue weighted by Gasteiger charge is 2.16. The number of likely N-dealkylation sites (tertiary alicyclic amines) is 1. The van der Waals surface area contributed by atoms with Gasteiger partial charge < -0.3 is 15.0 Å². The van der Waals surface area contributed by atoms with Crippen molar-refractivity contribution >= 4 is 15.9 Å². The molecule has 0 aromatic heterocycles. The van der Waals surface area contributed by atoms with Gasteiger partial charge in [0, 0.05) is 18.6 Å². The second-order valence-electron chi connectivity index (χ2n) is 6.04. The van der Waals surface area contributed by atoms with E-state index in [1.54, 1.807) is 7.11 Å². The molecule has 21 heavy (non-hydrogen) atoms. The first-order valence-corrected chi connectivity index (χ1v) is 8.71. The monoisotopic (exact) mass is 354 g/mol. The molecule has 2 atom stereocenters. The molecule has 4 heteroatoms. The molecule has 0 aliphatic carbocycles. The smallest absolute Gasteiger partial charge is 0.133 e. The molecule has 0 saturated carbocycles. The molecule has 1 aromatic rings. The van der Waals surface area contributed by atoms with E-state index in [4.69, 9.17) is 4.74 Å². The third-order valence-corrected chi connectivity index (χ3v) is 4.81. The predicted molar refractivity (Wildman–Crippen MR) is 92.0 cm³/mol. The minimum absolute atomic E-state index is 0.340. The second-order valence-corrected chi connectivity index (χ2v) is 6.90. The normalized spacial score (nSPS) is 19.2. The molecule has 1 heterocycles. The lowest BCUT2D eigenvalue weighted by atomic mass is 10.1. The molecule has 3 nitrogen and oxygen atoms in total. The molecule has 0 spiro atoms. The summed E-state index contributed by atoms with van der Waals surface area (Å²) in [5, 5.41) is 3.70. The molecule has 1 saturated heterocycles. The van der Waals surface area contributed by atoms with Crippen LogP contribution in [0.1, 0.15) is 44.7 Å². The maximum absolute atomic E-state index is 5.29. The van der Waals surface area contributed by atoms with Crippen LogP contribution in [0.15, 0.2) is 22.7 Å². The second kappa shape index (κ2) is 8.16. The molecule has 2 rings (SSSR count). The van der Waals surface area contributed by atoms with Gasteiger partial charge in [0.25, 0.3) is 0 Å². The fourth-order valence-corrected chi connectivity index (χ4v) is 3.62. The molecule has 0 amide bonds. The average Bonchev–Trinajstić information content (AvgIpc) is 2.48.